The van der Waals surface area contributed by atoms with E-state index in [1.807, 2.05) is 11.8 Å². The topological polar surface area (TPSA) is 3.24 Å². The minimum absolute atomic E-state index is 0.327. The van der Waals surface area contributed by atoms with E-state index < -0.39 is 0 Å². The Kier molecular flexibility index (Phi) is 2.72. The predicted octanol–water partition coefficient (Wildman–Crippen LogP) is 3.57. The molecule has 0 unspecified atom stereocenters. The van der Waals surface area contributed by atoms with Crippen molar-refractivity contribution in [2.45, 2.75) is 36.8 Å². The third kappa shape index (κ3) is 2.00. The minimum Gasteiger partial charge on any atom is -0.372 e. The van der Waals surface area contributed by atoms with E-state index in [-0.39, 0.29) is 0 Å². The largest absolute Gasteiger partial charge is 0.372 e. The molecule has 1 heterocycles. The number of nitrogens with zero attached hydrogens (tertiary/aromatic N) is 1. The number of rotatable bonds is 1. The van der Waals surface area contributed by atoms with Gasteiger partial charge in [-0.2, -0.15) is 0 Å². The number of benzene rings is 1. The second-order valence-electron chi connectivity index (χ2n) is 4.84. The third-order valence-electron chi connectivity index (χ3n) is 2.85. The van der Waals surface area contributed by atoms with Crippen LogP contribution in [0, 0.1) is 0 Å². The number of anilines is 1. The molecule has 1 aliphatic heterocycles. The fraction of sp³-hybridized carbons (Fsp3) is 0.538. The van der Waals surface area contributed by atoms with Crippen LogP contribution in [0.25, 0.3) is 0 Å². The molecule has 82 valence electrons. The van der Waals surface area contributed by atoms with Crippen LogP contribution in [0.1, 0.15) is 26.3 Å². The SMILES string of the molecule is CCc1cccc2c1N(C)CC(C)(C)S2. The van der Waals surface area contributed by atoms with Gasteiger partial charge >= 0.3 is 0 Å². The van der Waals surface area contributed by atoms with Crippen LogP contribution in [0.2, 0.25) is 0 Å². The third-order valence-corrected chi connectivity index (χ3v) is 4.08. The van der Waals surface area contributed by atoms with E-state index >= 15 is 0 Å². The van der Waals surface area contributed by atoms with Gasteiger partial charge in [0.15, 0.2) is 0 Å². The molecule has 0 aromatic heterocycles. The molecular formula is C13H19NS. The van der Waals surface area contributed by atoms with Crippen molar-refractivity contribution in [3.63, 3.8) is 0 Å². The fourth-order valence-electron chi connectivity index (χ4n) is 2.35. The molecule has 0 N–H and O–H groups in total. The molecule has 1 aromatic carbocycles. The lowest BCUT2D eigenvalue weighted by Gasteiger charge is -2.39. The molecule has 0 saturated carbocycles. The lowest BCUT2D eigenvalue weighted by molar-refractivity contribution is 0.674. The number of fused-ring (bicyclic) bond motifs is 1. The summed E-state index contributed by atoms with van der Waals surface area (Å²) < 4.78 is 0.327. The Morgan fingerprint density at radius 1 is 1.40 bits per heavy atom. The van der Waals surface area contributed by atoms with Crippen LogP contribution in [0.3, 0.4) is 0 Å². The molecule has 1 nitrogen and oxygen atoms in total. The van der Waals surface area contributed by atoms with E-state index in [1.165, 1.54) is 16.1 Å². The lowest BCUT2D eigenvalue weighted by Crippen LogP contribution is -2.38. The number of aryl methyl sites for hydroxylation is 1. The highest BCUT2D eigenvalue weighted by Crippen LogP contribution is 2.45. The van der Waals surface area contributed by atoms with Crippen LogP contribution in [0.15, 0.2) is 23.1 Å². The van der Waals surface area contributed by atoms with Crippen molar-refractivity contribution in [3.8, 4) is 0 Å². The van der Waals surface area contributed by atoms with Gasteiger partial charge in [-0.1, -0.05) is 19.1 Å². The normalized spacial score (nSPS) is 18.8. The Balaban J connectivity index is 2.49. The van der Waals surface area contributed by atoms with Gasteiger partial charge in [-0.3, -0.25) is 0 Å². The Bertz CT molecular complexity index is 371. The first-order valence-electron chi connectivity index (χ1n) is 5.55. The molecule has 0 bridgehead atoms. The highest BCUT2D eigenvalue weighted by Gasteiger charge is 2.30. The smallest absolute Gasteiger partial charge is 0.0534 e. The number of thioether (sulfide) groups is 1. The maximum Gasteiger partial charge on any atom is 0.0534 e. The van der Waals surface area contributed by atoms with E-state index in [0.29, 0.717) is 4.75 Å². The Hall–Kier alpha value is -0.630. The van der Waals surface area contributed by atoms with Gasteiger partial charge in [-0.25, -0.2) is 0 Å². The molecule has 0 spiro atoms. The molecule has 0 radical (unpaired) electrons. The van der Waals surface area contributed by atoms with Crippen LogP contribution >= 0.6 is 11.8 Å². The second kappa shape index (κ2) is 3.75. The van der Waals surface area contributed by atoms with E-state index in [4.69, 9.17) is 0 Å². The van der Waals surface area contributed by atoms with Gasteiger partial charge in [0.05, 0.1) is 5.69 Å². The molecule has 0 aliphatic carbocycles. The van der Waals surface area contributed by atoms with Crippen LogP contribution in [-0.4, -0.2) is 18.3 Å². The van der Waals surface area contributed by atoms with Gasteiger partial charge in [-0.05, 0) is 31.9 Å². The number of hydrogen-bond acceptors (Lipinski definition) is 2. The van der Waals surface area contributed by atoms with Gasteiger partial charge < -0.3 is 4.90 Å². The first-order valence-corrected chi connectivity index (χ1v) is 6.37. The molecule has 2 rings (SSSR count). The zero-order valence-electron chi connectivity index (χ0n) is 10.0. The zero-order chi connectivity index (χ0) is 11.1. The molecule has 2 heteroatoms. The van der Waals surface area contributed by atoms with Crippen molar-refractivity contribution in [2.75, 3.05) is 18.5 Å². The summed E-state index contributed by atoms with van der Waals surface area (Å²) >= 11 is 2.01. The Morgan fingerprint density at radius 3 is 2.80 bits per heavy atom. The van der Waals surface area contributed by atoms with Gasteiger partial charge in [0.25, 0.3) is 0 Å². The van der Waals surface area contributed by atoms with Crippen LogP contribution < -0.4 is 4.90 Å². The average molecular weight is 221 g/mol. The predicted molar refractivity (Wildman–Crippen MR) is 69.0 cm³/mol. The van der Waals surface area contributed by atoms with Crippen molar-refractivity contribution in [2.24, 2.45) is 0 Å². The maximum absolute atomic E-state index is 2.41. The molecule has 1 aromatic rings. The van der Waals surface area contributed by atoms with Crippen molar-refractivity contribution in [3.05, 3.63) is 23.8 Å². The fourth-order valence-corrected chi connectivity index (χ4v) is 3.73. The van der Waals surface area contributed by atoms with Gasteiger partial charge in [0, 0.05) is 23.2 Å². The molecule has 0 saturated heterocycles. The number of para-hydroxylation sites is 1. The highest BCUT2D eigenvalue weighted by atomic mass is 32.2. The number of hydrogen-bond donors (Lipinski definition) is 0. The standard InChI is InChI=1S/C13H19NS/c1-5-10-7-6-8-11-12(10)14(4)9-13(2,3)15-11/h6-8H,5,9H2,1-4H3. The molecule has 0 atom stereocenters. The van der Waals surface area contributed by atoms with E-state index in [2.05, 4.69) is 50.9 Å². The van der Waals surface area contributed by atoms with Crippen molar-refractivity contribution in [1.29, 1.82) is 0 Å². The Morgan fingerprint density at radius 2 is 2.13 bits per heavy atom. The summed E-state index contributed by atoms with van der Waals surface area (Å²) in [7, 11) is 2.21. The van der Waals surface area contributed by atoms with Crippen LogP contribution in [-0.2, 0) is 6.42 Å². The molecule has 0 fully saturated rings. The summed E-state index contributed by atoms with van der Waals surface area (Å²) in [5.74, 6) is 0. The summed E-state index contributed by atoms with van der Waals surface area (Å²) in [5, 5.41) is 0. The molecule has 1 aliphatic rings. The maximum atomic E-state index is 2.41. The minimum atomic E-state index is 0.327. The second-order valence-corrected chi connectivity index (χ2v) is 6.58. The molecular weight excluding hydrogens is 202 g/mol. The summed E-state index contributed by atoms with van der Waals surface area (Å²) in [6, 6.07) is 6.67. The molecule has 0 amide bonds. The quantitative estimate of drug-likeness (QED) is 0.713. The van der Waals surface area contributed by atoms with Gasteiger partial charge in [0.1, 0.15) is 0 Å². The monoisotopic (exact) mass is 221 g/mol. The van der Waals surface area contributed by atoms with E-state index in [1.54, 1.807) is 0 Å². The average Bonchev–Trinajstić information content (AvgIpc) is 2.14. The highest BCUT2D eigenvalue weighted by molar-refractivity contribution is 8.00. The molecule has 15 heavy (non-hydrogen) atoms. The van der Waals surface area contributed by atoms with Crippen molar-refractivity contribution in [1.82, 2.24) is 0 Å². The summed E-state index contributed by atoms with van der Waals surface area (Å²) in [6.45, 7) is 7.99. The van der Waals surface area contributed by atoms with Crippen LogP contribution in [0.4, 0.5) is 5.69 Å². The van der Waals surface area contributed by atoms with Gasteiger partial charge in [-0.15, -0.1) is 11.8 Å². The van der Waals surface area contributed by atoms with Gasteiger partial charge in [0.2, 0.25) is 0 Å². The summed E-state index contributed by atoms with van der Waals surface area (Å²) in [6.07, 6.45) is 1.12. The van der Waals surface area contributed by atoms with E-state index in [0.717, 1.165) is 13.0 Å². The lowest BCUT2D eigenvalue weighted by atomic mass is 10.1. The van der Waals surface area contributed by atoms with Crippen molar-refractivity contribution >= 4 is 17.4 Å². The summed E-state index contributed by atoms with van der Waals surface area (Å²) in [4.78, 5) is 3.85. The van der Waals surface area contributed by atoms with Crippen LogP contribution in [0.5, 0.6) is 0 Å². The zero-order valence-corrected chi connectivity index (χ0v) is 10.8. The Labute approximate surface area is 96.9 Å². The first-order chi connectivity index (χ1) is 7.03. The van der Waals surface area contributed by atoms with Crippen molar-refractivity contribution < 1.29 is 0 Å². The van der Waals surface area contributed by atoms with E-state index in [9.17, 15) is 0 Å². The first kappa shape index (κ1) is 10.9. The summed E-state index contributed by atoms with van der Waals surface area (Å²) in [5.41, 5.74) is 2.92.